The van der Waals surface area contributed by atoms with Crippen LogP contribution in [0.1, 0.15) is 44.2 Å². The molecule has 2 aliphatic heterocycles. The van der Waals surface area contributed by atoms with Crippen molar-refractivity contribution in [3.05, 3.63) is 35.6 Å². The molecule has 2 saturated heterocycles. The molecule has 0 bridgehead atoms. The van der Waals surface area contributed by atoms with Gasteiger partial charge >= 0.3 is 0 Å². The molecule has 2 aliphatic rings. The molecule has 3 rings (SSSR count). The summed E-state index contributed by atoms with van der Waals surface area (Å²) in [6, 6.07) is 6.52. The van der Waals surface area contributed by atoms with Gasteiger partial charge in [0, 0.05) is 38.8 Å². The van der Waals surface area contributed by atoms with Crippen molar-refractivity contribution in [2.24, 2.45) is 0 Å². The minimum absolute atomic E-state index is 0.178. The van der Waals surface area contributed by atoms with Gasteiger partial charge in [-0.1, -0.05) is 25.0 Å². The van der Waals surface area contributed by atoms with E-state index in [-0.39, 0.29) is 17.8 Å². The molecule has 0 aromatic heterocycles. The number of hydrogen-bond acceptors (Lipinski definition) is 3. The fourth-order valence-electron chi connectivity index (χ4n) is 3.82. The van der Waals surface area contributed by atoms with Gasteiger partial charge < -0.3 is 10.2 Å². The highest BCUT2D eigenvalue weighted by atomic mass is 19.1. The lowest BCUT2D eigenvalue weighted by Crippen LogP contribution is -2.53. The number of carbonyl (C=O) groups is 1. The molecular formula is C19H28FN3O. The first kappa shape index (κ1) is 17.4. The smallest absolute Gasteiger partial charge is 0.244 e. The second-order valence-electron chi connectivity index (χ2n) is 7.04. The Bertz CT molecular complexity index is 540. The van der Waals surface area contributed by atoms with E-state index >= 15 is 0 Å². The van der Waals surface area contributed by atoms with Crippen molar-refractivity contribution < 1.29 is 9.18 Å². The summed E-state index contributed by atoms with van der Waals surface area (Å²) in [5.74, 6) is -0.0778. The third-order valence-electron chi connectivity index (χ3n) is 5.10. The number of carbonyl (C=O) groups excluding carboxylic acids is 1. The lowest BCUT2D eigenvalue weighted by molar-refractivity contribution is -0.137. The molecule has 0 aliphatic carbocycles. The third kappa shape index (κ3) is 4.14. The fraction of sp³-hybridized carbons (Fsp3) is 0.632. The Morgan fingerprint density at radius 2 is 1.79 bits per heavy atom. The van der Waals surface area contributed by atoms with E-state index < -0.39 is 0 Å². The van der Waals surface area contributed by atoms with Crippen LogP contribution >= 0.6 is 0 Å². The number of likely N-dealkylation sites (tertiary alicyclic amines) is 1. The van der Waals surface area contributed by atoms with E-state index in [1.54, 1.807) is 12.1 Å². The van der Waals surface area contributed by atoms with E-state index in [9.17, 15) is 9.18 Å². The predicted octanol–water partition coefficient (Wildman–Crippen LogP) is 2.56. The molecule has 1 aromatic rings. The molecule has 24 heavy (non-hydrogen) atoms. The minimum Gasteiger partial charge on any atom is -0.341 e. The highest BCUT2D eigenvalue weighted by Crippen LogP contribution is 2.26. The zero-order valence-corrected chi connectivity index (χ0v) is 14.5. The number of rotatable bonds is 3. The molecule has 0 spiro atoms. The molecule has 1 amide bonds. The molecule has 132 valence electrons. The normalized spacial score (nSPS) is 24.4. The molecule has 2 fully saturated rings. The Morgan fingerprint density at radius 1 is 1.12 bits per heavy atom. The number of halogens is 1. The van der Waals surface area contributed by atoms with E-state index in [0.29, 0.717) is 6.04 Å². The zero-order chi connectivity index (χ0) is 16.9. The molecule has 0 saturated carbocycles. The van der Waals surface area contributed by atoms with Gasteiger partial charge in [-0.3, -0.25) is 9.69 Å². The van der Waals surface area contributed by atoms with Gasteiger partial charge in [0.15, 0.2) is 0 Å². The zero-order valence-electron chi connectivity index (χ0n) is 14.5. The van der Waals surface area contributed by atoms with Crippen molar-refractivity contribution in [2.75, 3.05) is 32.7 Å². The molecule has 2 heterocycles. The first-order valence-corrected chi connectivity index (χ1v) is 9.17. The van der Waals surface area contributed by atoms with Gasteiger partial charge in [0.2, 0.25) is 5.91 Å². The van der Waals surface area contributed by atoms with E-state index in [1.807, 2.05) is 4.90 Å². The summed E-state index contributed by atoms with van der Waals surface area (Å²) in [6.45, 7) is 6.39. The summed E-state index contributed by atoms with van der Waals surface area (Å²) in [5.41, 5.74) is 0.903. The van der Waals surface area contributed by atoms with Crippen molar-refractivity contribution in [1.29, 1.82) is 0 Å². The molecule has 1 aromatic carbocycles. The van der Waals surface area contributed by atoms with Crippen LogP contribution in [0.3, 0.4) is 0 Å². The summed E-state index contributed by atoms with van der Waals surface area (Å²) in [4.78, 5) is 17.6. The van der Waals surface area contributed by atoms with E-state index in [4.69, 9.17) is 0 Å². The Balaban J connectivity index is 1.85. The highest BCUT2D eigenvalue weighted by Gasteiger charge is 2.33. The maximum absolute atomic E-state index is 13.3. The van der Waals surface area contributed by atoms with Crippen molar-refractivity contribution in [1.82, 2.24) is 15.1 Å². The molecule has 1 N–H and O–H groups in total. The monoisotopic (exact) mass is 333 g/mol. The fourth-order valence-corrected chi connectivity index (χ4v) is 3.82. The Kier molecular flexibility index (Phi) is 5.85. The maximum atomic E-state index is 13.3. The number of benzene rings is 1. The standard InChI is InChI=1S/C19H28FN3O/c1-15-14-23(13-10-21-15)18(16-6-8-17(20)9-7-16)19(24)22-11-4-2-3-5-12-22/h6-9,15,18,21H,2-5,10-14H2,1H3. The highest BCUT2D eigenvalue weighted by molar-refractivity contribution is 5.83. The van der Waals surface area contributed by atoms with Gasteiger partial charge in [-0.05, 0) is 37.5 Å². The molecule has 5 heteroatoms. The summed E-state index contributed by atoms with van der Waals surface area (Å²) in [6.07, 6.45) is 4.57. The average Bonchev–Trinajstić information content (AvgIpc) is 2.86. The first-order chi connectivity index (χ1) is 11.6. The SMILES string of the molecule is CC1CN(C(C(=O)N2CCCCCC2)c2ccc(F)cc2)CCN1. The molecule has 4 nitrogen and oxygen atoms in total. The van der Waals surface area contributed by atoms with Crippen molar-refractivity contribution in [3.8, 4) is 0 Å². The number of hydrogen-bond donors (Lipinski definition) is 1. The van der Waals surface area contributed by atoms with Crippen LogP contribution in [-0.4, -0.2) is 54.5 Å². The lowest BCUT2D eigenvalue weighted by atomic mass is 10.0. The van der Waals surface area contributed by atoms with Crippen LogP contribution in [0.5, 0.6) is 0 Å². The van der Waals surface area contributed by atoms with Gasteiger partial charge in [-0.25, -0.2) is 4.39 Å². The number of nitrogens with zero attached hydrogens (tertiary/aromatic N) is 2. The van der Waals surface area contributed by atoms with Crippen LogP contribution < -0.4 is 5.32 Å². The van der Waals surface area contributed by atoms with Gasteiger partial charge in [-0.2, -0.15) is 0 Å². The van der Waals surface area contributed by atoms with E-state index in [1.165, 1.54) is 25.0 Å². The van der Waals surface area contributed by atoms with Crippen LogP contribution in [0, 0.1) is 5.82 Å². The van der Waals surface area contributed by atoms with Crippen molar-refractivity contribution in [3.63, 3.8) is 0 Å². The van der Waals surface area contributed by atoms with E-state index in [2.05, 4.69) is 17.1 Å². The van der Waals surface area contributed by atoms with Crippen molar-refractivity contribution in [2.45, 2.75) is 44.7 Å². The largest absolute Gasteiger partial charge is 0.341 e. The summed E-state index contributed by atoms with van der Waals surface area (Å²) >= 11 is 0. The molecule has 2 atom stereocenters. The van der Waals surface area contributed by atoms with Crippen LogP contribution in [0.25, 0.3) is 0 Å². The topological polar surface area (TPSA) is 35.6 Å². The lowest BCUT2D eigenvalue weighted by Gasteiger charge is -2.39. The van der Waals surface area contributed by atoms with Crippen LogP contribution in [-0.2, 0) is 4.79 Å². The Morgan fingerprint density at radius 3 is 2.42 bits per heavy atom. The minimum atomic E-state index is -0.298. The van der Waals surface area contributed by atoms with Crippen LogP contribution in [0.15, 0.2) is 24.3 Å². The third-order valence-corrected chi connectivity index (χ3v) is 5.10. The quantitative estimate of drug-likeness (QED) is 0.923. The summed E-state index contributed by atoms with van der Waals surface area (Å²) in [7, 11) is 0. The number of amides is 1. The number of nitrogens with one attached hydrogen (secondary N) is 1. The summed E-state index contributed by atoms with van der Waals surface area (Å²) < 4.78 is 13.3. The predicted molar refractivity (Wildman–Crippen MR) is 93.2 cm³/mol. The van der Waals surface area contributed by atoms with Gasteiger partial charge in [0.05, 0.1) is 0 Å². The maximum Gasteiger partial charge on any atom is 0.244 e. The van der Waals surface area contributed by atoms with Crippen molar-refractivity contribution >= 4 is 5.91 Å². The summed E-state index contributed by atoms with van der Waals surface area (Å²) in [5, 5.41) is 3.43. The molecular weight excluding hydrogens is 305 g/mol. The second kappa shape index (κ2) is 8.08. The first-order valence-electron chi connectivity index (χ1n) is 9.17. The Labute approximate surface area is 144 Å². The van der Waals surface area contributed by atoms with Gasteiger partial charge in [0.25, 0.3) is 0 Å². The molecule has 2 unspecified atom stereocenters. The number of piperazine rings is 1. The second-order valence-corrected chi connectivity index (χ2v) is 7.04. The average molecular weight is 333 g/mol. The van der Waals surface area contributed by atoms with Gasteiger partial charge in [-0.15, -0.1) is 0 Å². The van der Waals surface area contributed by atoms with Crippen LogP contribution in [0.2, 0.25) is 0 Å². The van der Waals surface area contributed by atoms with E-state index in [0.717, 1.165) is 51.1 Å². The van der Waals surface area contributed by atoms with Gasteiger partial charge in [0.1, 0.15) is 11.9 Å². The Hall–Kier alpha value is -1.46. The molecule has 0 radical (unpaired) electrons. The van der Waals surface area contributed by atoms with Crippen LogP contribution in [0.4, 0.5) is 4.39 Å².